The van der Waals surface area contributed by atoms with Gasteiger partial charge < -0.3 is 0 Å². The van der Waals surface area contributed by atoms with Crippen LogP contribution in [0.4, 0.5) is 0 Å². The van der Waals surface area contributed by atoms with E-state index in [4.69, 9.17) is 5.14 Å². The summed E-state index contributed by atoms with van der Waals surface area (Å²) in [6.45, 7) is 2.07. The van der Waals surface area contributed by atoms with Crippen molar-refractivity contribution in [3.8, 4) is 0 Å². The van der Waals surface area contributed by atoms with Crippen molar-refractivity contribution in [1.29, 1.82) is 0 Å². The molecule has 0 aliphatic heterocycles. The lowest BCUT2D eigenvalue weighted by Crippen LogP contribution is -1.70. The Morgan fingerprint density at radius 3 is 2.62 bits per heavy atom. The standard InChI is InChI=1S/C5H7NS2/c1-4-2-3-5(7-4)8-6/h2-3H,6H2,1H3. The normalized spacial score (nSPS) is 9.75. The molecular formula is C5H7NS2. The molecule has 0 bridgehead atoms. The maximum absolute atomic E-state index is 5.29. The van der Waals surface area contributed by atoms with E-state index in [1.54, 1.807) is 11.3 Å². The molecule has 3 heteroatoms. The highest BCUT2D eigenvalue weighted by atomic mass is 32.2. The van der Waals surface area contributed by atoms with E-state index < -0.39 is 0 Å². The van der Waals surface area contributed by atoms with Crippen LogP contribution in [0.25, 0.3) is 0 Å². The quantitative estimate of drug-likeness (QED) is 0.612. The maximum Gasteiger partial charge on any atom is 0.0751 e. The predicted molar refractivity (Wildman–Crippen MR) is 39.1 cm³/mol. The van der Waals surface area contributed by atoms with Crippen LogP contribution in [0.1, 0.15) is 4.88 Å². The Bertz CT molecular complexity index is 171. The van der Waals surface area contributed by atoms with E-state index in [2.05, 4.69) is 13.0 Å². The average Bonchev–Trinajstić information content (AvgIpc) is 2.14. The van der Waals surface area contributed by atoms with E-state index in [9.17, 15) is 0 Å². The summed E-state index contributed by atoms with van der Waals surface area (Å²) in [5, 5.41) is 5.29. The van der Waals surface area contributed by atoms with Crippen molar-refractivity contribution < 1.29 is 0 Å². The Labute approximate surface area is 57.0 Å². The monoisotopic (exact) mass is 145 g/mol. The summed E-state index contributed by atoms with van der Waals surface area (Å²) in [4.78, 5) is 1.32. The lowest BCUT2D eigenvalue weighted by atomic mass is 10.5. The van der Waals surface area contributed by atoms with E-state index in [1.807, 2.05) is 6.07 Å². The van der Waals surface area contributed by atoms with Gasteiger partial charge in [-0.1, -0.05) is 0 Å². The van der Waals surface area contributed by atoms with Gasteiger partial charge in [0.1, 0.15) is 0 Å². The number of thiophene rings is 1. The minimum Gasteiger partial charge on any atom is -0.273 e. The molecule has 2 N–H and O–H groups in total. The first-order valence-corrected chi connectivity index (χ1v) is 3.95. The Kier molecular flexibility index (Phi) is 1.94. The van der Waals surface area contributed by atoms with Crippen LogP contribution in [-0.4, -0.2) is 0 Å². The summed E-state index contributed by atoms with van der Waals surface area (Å²) >= 11 is 3.03. The first-order valence-electron chi connectivity index (χ1n) is 2.26. The first kappa shape index (κ1) is 6.13. The summed E-state index contributed by atoms with van der Waals surface area (Å²) in [6, 6.07) is 4.10. The predicted octanol–water partition coefficient (Wildman–Crippen LogP) is 2.02. The van der Waals surface area contributed by atoms with Crippen molar-refractivity contribution in [2.45, 2.75) is 11.1 Å². The number of nitrogens with two attached hydrogens (primary N) is 1. The third kappa shape index (κ3) is 1.24. The molecule has 1 heterocycles. The Balaban J connectivity index is 2.84. The van der Waals surface area contributed by atoms with Crippen LogP contribution in [0.2, 0.25) is 0 Å². The second-order valence-electron chi connectivity index (χ2n) is 1.48. The highest BCUT2D eigenvalue weighted by molar-refractivity contribution is 7.99. The summed E-state index contributed by atoms with van der Waals surface area (Å²) in [7, 11) is 0. The topological polar surface area (TPSA) is 26.0 Å². The molecule has 1 rings (SSSR count). The van der Waals surface area contributed by atoms with Gasteiger partial charge in [0.25, 0.3) is 0 Å². The van der Waals surface area contributed by atoms with Crippen molar-refractivity contribution >= 4 is 23.3 Å². The molecule has 0 fully saturated rings. The van der Waals surface area contributed by atoms with Gasteiger partial charge >= 0.3 is 0 Å². The van der Waals surface area contributed by atoms with E-state index >= 15 is 0 Å². The fourth-order valence-electron chi connectivity index (χ4n) is 0.475. The zero-order valence-corrected chi connectivity index (χ0v) is 6.18. The van der Waals surface area contributed by atoms with Gasteiger partial charge in [-0.2, -0.15) is 0 Å². The van der Waals surface area contributed by atoms with Crippen LogP contribution >= 0.6 is 23.3 Å². The lowest BCUT2D eigenvalue weighted by Gasteiger charge is -1.80. The van der Waals surface area contributed by atoms with Crippen molar-refractivity contribution in [3.63, 3.8) is 0 Å². The second-order valence-corrected chi connectivity index (χ2v) is 3.70. The first-order chi connectivity index (χ1) is 3.83. The van der Waals surface area contributed by atoms with Crippen LogP contribution < -0.4 is 5.14 Å². The highest BCUT2D eigenvalue weighted by Crippen LogP contribution is 2.21. The van der Waals surface area contributed by atoms with Gasteiger partial charge in [-0.25, -0.2) is 0 Å². The average molecular weight is 145 g/mol. The molecule has 0 atom stereocenters. The minimum atomic E-state index is 1.18. The second kappa shape index (κ2) is 2.53. The molecule has 0 radical (unpaired) electrons. The summed E-state index contributed by atoms with van der Waals surface area (Å²) < 4.78 is 1.18. The van der Waals surface area contributed by atoms with Crippen LogP contribution in [-0.2, 0) is 0 Å². The minimum absolute atomic E-state index is 1.18. The van der Waals surface area contributed by atoms with Gasteiger partial charge in [-0.15, -0.1) is 11.3 Å². The number of hydrogen-bond acceptors (Lipinski definition) is 3. The molecule has 0 aliphatic rings. The summed E-state index contributed by atoms with van der Waals surface area (Å²) in [6.07, 6.45) is 0. The Morgan fingerprint density at radius 2 is 2.38 bits per heavy atom. The summed E-state index contributed by atoms with van der Waals surface area (Å²) in [5.74, 6) is 0. The van der Waals surface area contributed by atoms with E-state index in [1.165, 1.54) is 21.0 Å². The lowest BCUT2D eigenvalue weighted by molar-refractivity contribution is 1.63. The molecule has 0 aromatic carbocycles. The fourth-order valence-corrected chi connectivity index (χ4v) is 1.80. The number of hydrogen-bond donors (Lipinski definition) is 1. The molecule has 0 aliphatic carbocycles. The van der Waals surface area contributed by atoms with E-state index in [0.29, 0.717) is 0 Å². The third-order valence-corrected chi connectivity index (χ3v) is 2.53. The van der Waals surface area contributed by atoms with Crippen molar-refractivity contribution in [1.82, 2.24) is 0 Å². The zero-order chi connectivity index (χ0) is 5.98. The molecule has 0 amide bonds. The van der Waals surface area contributed by atoms with Crippen molar-refractivity contribution in [2.75, 3.05) is 0 Å². The number of rotatable bonds is 1. The molecule has 0 saturated heterocycles. The number of aryl methyl sites for hydroxylation is 1. The van der Waals surface area contributed by atoms with Crippen LogP contribution in [0.15, 0.2) is 16.3 Å². The molecule has 0 saturated carbocycles. The maximum atomic E-state index is 5.29. The highest BCUT2D eigenvalue weighted by Gasteiger charge is 1.90. The summed E-state index contributed by atoms with van der Waals surface area (Å²) in [5.41, 5.74) is 0. The molecular weight excluding hydrogens is 138 g/mol. The third-order valence-electron chi connectivity index (χ3n) is 0.832. The molecule has 8 heavy (non-hydrogen) atoms. The van der Waals surface area contributed by atoms with Gasteiger partial charge in [0.05, 0.1) is 4.21 Å². The van der Waals surface area contributed by atoms with Crippen molar-refractivity contribution in [3.05, 3.63) is 17.0 Å². The molecule has 0 unspecified atom stereocenters. The van der Waals surface area contributed by atoms with E-state index in [-0.39, 0.29) is 0 Å². The van der Waals surface area contributed by atoms with Crippen LogP contribution in [0.5, 0.6) is 0 Å². The van der Waals surface area contributed by atoms with Gasteiger partial charge in [0, 0.05) is 4.88 Å². The molecule has 1 aromatic rings. The van der Waals surface area contributed by atoms with Crippen LogP contribution in [0, 0.1) is 6.92 Å². The van der Waals surface area contributed by atoms with Gasteiger partial charge in [-0.3, -0.25) is 5.14 Å². The largest absolute Gasteiger partial charge is 0.273 e. The fraction of sp³-hybridized carbons (Fsp3) is 0.200. The molecule has 44 valence electrons. The van der Waals surface area contributed by atoms with Gasteiger partial charge in [0.2, 0.25) is 0 Å². The molecule has 0 spiro atoms. The molecule has 1 nitrogen and oxygen atoms in total. The molecule has 1 aromatic heterocycles. The van der Waals surface area contributed by atoms with Gasteiger partial charge in [-0.05, 0) is 31.0 Å². The van der Waals surface area contributed by atoms with Crippen LogP contribution in [0.3, 0.4) is 0 Å². The van der Waals surface area contributed by atoms with E-state index in [0.717, 1.165) is 0 Å². The Morgan fingerprint density at radius 1 is 1.62 bits per heavy atom. The smallest absolute Gasteiger partial charge is 0.0751 e. The van der Waals surface area contributed by atoms with Crippen molar-refractivity contribution in [2.24, 2.45) is 5.14 Å². The van der Waals surface area contributed by atoms with Gasteiger partial charge in [0.15, 0.2) is 0 Å². The Hall–Kier alpha value is 0.01000. The SMILES string of the molecule is Cc1ccc(SN)s1. The zero-order valence-electron chi connectivity index (χ0n) is 4.55.